The lowest BCUT2D eigenvalue weighted by Gasteiger charge is -2.48. The molecule has 0 spiro atoms. The fourth-order valence-electron chi connectivity index (χ4n) is 6.55. The lowest BCUT2D eigenvalue weighted by atomic mass is 9.62. The normalized spacial score (nSPS) is 29.3. The number of hydrogen-bond acceptors (Lipinski definition) is 10. The average Bonchev–Trinajstić information content (AvgIpc) is 3.62. The maximum absolute atomic E-state index is 13.9. The van der Waals surface area contributed by atoms with Gasteiger partial charge in [0.2, 0.25) is 11.8 Å². The summed E-state index contributed by atoms with van der Waals surface area (Å²) in [7, 11) is 0. The van der Waals surface area contributed by atoms with Gasteiger partial charge in [-0.15, -0.1) is 0 Å². The van der Waals surface area contributed by atoms with Crippen molar-refractivity contribution in [2.45, 2.75) is 56.3 Å². The van der Waals surface area contributed by atoms with E-state index in [1.165, 1.54) is 5.06 Å². The molecule has 3 heterocycles. The smallest absolute Gasteiger partial charge is 0.327 e. The van der Waals surface area contributed by atoms with Gasteiger partial charge in [0.1, 0.15) is 42.4 Å². The van der Waals surface area contributed by atoms with E-state index in [0.717, 1.165) is 16.7 Å². The number of carbonyl (C=O) groups excluding carboxylic acids is 3. The summed E-state index contributed by atoms with van der Waals surface area (Å²) < 4.78 is 17.4. The van der Waals surface area contributed by atoms with Gasteiger partial charge < -0.3 is 35.1 Å². The number of nitrogens with zero attached hydrogens (tertiary/aromatic N) is 1. The minimum atomic E-state index is -1.30. The molecule has 12 nitrogen and oxygen atoms in total. The van der Waals surface area contributed by atoms with Gasteiger partial charge in [0, 0.05) is 25.9 Å². The molecule has 2 aromatic rings. The van der Waals surface area contributed by atoms with E-state index >= 15 is 0 Å². The number of nitrogens with one attached hydrogen (secondary N) is 2. The second kappa shape index (κ2) is 12.4. The van der Waals surface area contributed by atoms with Crippen LogP contribution in [0.3, 0.4) is 0 Å². The molecule has 0 radical (unpaired) electrons. The van der Waals surface area contributed by atoms with Gasteiger partial charge in [-0.3, -0.25) is 19.2 Å². The second-order valence-electron chi connectivity index (χ2n) is 11.2. The second-order valence-corrected chi connectivity index (χ2v) is 11.2. The van der Waals surface area contributed by atoms with Gasteiger partial charge in [0.25, 0.3) is 0 Å². The number of hydroxylamine groups is 2. The molecule has 6 unspecified atom stereocenters. The van der Waals surface area contributed by atoms with Crippen LogP contribution in [0.25, 0.3) is 6.08 Å². The van der Waals surface area contributed by atoms with Gasteiger partial charge in [-0.1, -0.05) is 54.6 Å². The Kier molecular flexibility index (Phi) is 8.46. The van der Waals surface area contributed by atoms with E-state index in [4.69, 9.17) is 24.2 Å². The maximum atomic E-state index is 13.9. The summed E-state index contributed by atoms with van der Waals surface area (Å²) >= 11 is 0. The van der Waals surface area contributed by atoms with Crippen LogP contribution in [0.1, 0.15) is 29.5 Å². The number of aliphatic hydroxyl groups excluding tert-OH is 1. The fourth-order valence-corrected chi connectivity index (χ4v) is 6.55. The minimum absolute atomic E-state index is 0.00573. The number of esters is 1. The van der Waals surface area contributed by atoms with Crippen LogP contribution < -0.4 is 10.6 Å². The number of phenolic OH excluding ortho intramolecular Hbond substituents is 1. The van der Waals surface area contributed by atoms with Crippen molar-refractivity contribution in [3.8, 4) is 5.75 Å². The van der Waals surface area contributed by atoms with E-state index in [9.17, 15) is 19.5 Å². The van der Waals surface area contributed by atoms with Gasteiger partial charge >= 0.3 is 5.97 Å². The lowest BCUT2D eigenvalue weighted by Crippen LogP contribution is -2.69. The number of fused-ring (bicyclic) bond motifs is 4. The minimum Gasteiger partial charge on any atom is -0.508 e. The Bertz CT molecular complexity index is 1400. The molecule has 1 aliphatic carbocycles. The third-order valence-corrected chi connectivity index (χ3v) is 8.50. The summed E-state index contributed by atoms with van der Waals surface area (Å²) in [5, 5.41) is 25.9. The van der Waals surface area contributed by atoms with Crippen molar-refractivity contribution in [3.05, 3.63) is 71.3 Å². The predicted octanol–water partition coefficient (Wildman–Crippen LogP) is 0.804. The summed E-state index contributed by atoms with van der Waals surface area (Å²) in [6.45, 7) is 0.219. The summed E-state index contributed by atoms with van der Waals surface area (Å²) in [6.07, 6.45) is 2.10. The first-order valence-corrected chi connectivity index (χ1v) is 14.5. The Labute approximate surface area is 248 Å². The van der Waals surface area contributed by atoms with Gasteiger partial charge in [0.15, 0.2) is 6.04 Å². The quantitative estimate of drug-likeness (QED) is 0.275. The van der Waals surface area contributed by atoms with Crippen LogP contribution >= 0.6 is 0 Å². The molecule has 228 valence electrons. The summed E-state index contributed by atoms with van der Waals surface area (Å²) in [6, 6.07) is 13.9. The highest BCUT2D eigenvalue weighted by molar-refractivity contribution is 5.93. The highest BCUT2D eigenvalue weighted by Gasteiger charge is 2.74. The van der Waals surface area contributed by atoms with E-state index in [2.05, 4.69) is 10.6 Å². The van der Waals surface area contributed by atoms with E-state index < -0.39 is 47.7 Å². The molecule has 2 bridgehead atoms. The molecule has 2 aromatic carbocycles. The molecular formula is C31H35N3O9. The van der Waals surface area contributed by atoms with E-state index in [-0.39, 0.29) is 57.5 Å². The number of aromatic hydroxyl groups is 1. The van der Waals surface area contributed by atoms with Crippen molar-refractivity contribution in [1.82, 2.24) is 15.7 Å². The number of hydrogen-bond donors (Lipinski definition) is 4. The first-order valence-electron chi connectivity index (χ1n) is 14.5. The number of allylic oxidation sites excluding steroid dienone is 1. The van der Waals surface area contributed by atoms with Crippen molar-refractivity contribution < 1.29 is 43.6 Å². The van der Waals surface area contributed by atoms with Crippen LogP contribution in [-0.2, 0) is 46.4 Å². The van der Waals surface area contributed by atoms with Crippen LogP contribution in [0.5, 0.6) is 5.75 Å². The van der Waals surface area contributed by atoms with E-state index in [0.29, 0.717) is 6.42 Å². The van der Waals surface area contributed by atoms with Crippen molar-refractivity contribution in [2.75, 3.05) is 26.5 Å². The average molecular weight is 594 g/mol. The Morgan fingerprint density at radius 2 is 1.91 bits per heavy atom. The van der Waals surface area contributed by atoms with E-state index in [1.54, 1.807) is 12.1 Å². The molecule has 3 saturated heterocycles. The zero-order valence-electron chi connectivity index (χ0n) is 23.5. The number of aliphatic hydroxyl groups is 1. The van der Waals surface area contributed by atoms with Crippen molar-refractivity contribution in [2.24, 2.45) is 5.41 Å². The number of ether oxygens (including phenoxy) is 3. The Morgan fingerprint density at radius 3 is 2.74 bits per heavy atom. The number of benzene rings is 2. The molecule has 6 atom stereocenters. The molecule has 4 N–H and O–H groups in total. The zero-order valence-corrected chi connectivity index (χ0v) is 23.5. The lowest BCUT2D eigenvalue weighted by molar-refractivity contribution is -0.201. The molecule has 3 aliphatic heterocycles. The van der Waals surface area contributed by atoms with Crippen LogP contribution in [0, 0.1) is 5.41 Å². The number of rotatable bonds is 11. The van der Waals surface area contributed by atoms with Crippen molar-refractivity contribution in [1.29, 1.82) is 0 Å². The monoisotopic (exact) mass is 593 g/mol. The van der Waals surface area contributed by atoms with Gasteiger partial charge in [-0.25, -0.2) is 0 Å². The molecule has 2 amide bonds. The topological polar surface area (TPSA) is 156 Å². The first kappa shape index (κ1) is 29.3. The summed E-state index contributed by atoms with van der Waals surface area (Å²) in [4.78, 5) is 45.8. The molecule has 1 saturated carbocycles. The van der Waals surface area contributed by atoms with Crippen LogP contribution in [0.2, 0.25) is 0 Å². The largest absolute Gasteiger partial charge is 0.508 e. The molecule has 4 fully saturated rings. The number of amides is 2. The molecule has 43 heavy (non-hydrogen) atoms. The summed E-state index contributed by atoms with van der Waals surface area (Å²) in [5.74, 6) is -1.03. The van der Waals surface area contributed by atoms with Crippen molar-refractivity contribution >= 4 is 23.9 Å². The molecule has 6 rings (SSSR count). The van der Waals surface area contributed by atoms with E-state index in [1.807, 2.05) is 48.6 Å². The SMILES string of the molecule is O=C(CCNC(=O)C12CC3OC(=O)C1N(Cc1cccc(C=CCc4ccccc4O)c1)OC2C1OCOC31)NCCO. The molecule has 0 aromatic heterocycles. The van der Waals surface area contributed by atoms with Crippen molar-refractivity contribution in [3.63, 3.8) is 0 Å². The van der Waals surface area contributed by atoms with Gasteiger partial charge in [-0.05, 0) is 29.2 Å². The first-order chi connectivity index (χ1) is 20.9. The van der Waals surface area contributed by atoms with Gasteiger partial charge in [-0.2, -0.15) is 5.06 Å². The molecular weight excluding hydrogens is 558 g/mol. The maximum Gasteiger partial charge on any atom is 0.327 e. The number of phenols is 1. The Hall–Kier alpha value is -3.81. The highest BCUT2D eigenvalue weighted by Crippen LogP contribution is 2.55. The number of carbonyl (C=O) groups is 3. The zero-order chi connectivity index (χ0) is 30.0. The van der Waals surface area contributed by atoms with Crippen LogP contribution in [0.15, 0.2) is 54.6 Å². The standard InChI is InChI=1S/C31H35N3O9/c35-14-13-32-24(37)11-12-33-30(39)31-16-23-25-26(41-18-40-25)28(31)43-34(27(31)29(38)42-23)17-20-7-3-5-19(15-20)6-4-9-21-8-1-2-10-22(21)36/h1-8,10,15,23,25-28,35-36H,9,11-14,16-18H2,(H,32,37)(H,33,39). The number of para-hydroxylation sites is 1. The third kappa shape index (κ3) is 5.64. The van der Waals surface area contributed by atoms with Gasteiger partial charge in [0.05, 0.1) is 13.2 Å². The Morgan fingerprint density at radius 1 is 1.07 bits per heavy atom. The van der Waals surface area contributed by atoms with Crippen LogP contribution in [-0.4, -0.2) is 90.0 Å². The molecule has 4 aliphatic rings. The Balaban J connectivity index is 1.21. The fraction of sp³-hybridized carbons (Fsp3) is 0.452. The third-order valence-electron chi connectivity index (χ3n) is 8.50. The summed E-state index contributed by atoms with van der Waals surface area (Å²) in [5.41, 5.74) is 1.30. The predicted molar refractivity (Wildman–Crippen MR) is 151 cm³/mol. The highest BCUT2D eigenvalue weighted by atomic mass is 16.8. The molecule has 12 heteroatoms. The van der Waals surface area contributed by atoms with Crippen LogP contribution in [0.4, 0.5) is 0 Å².